The van der Waals surface area contributed by atoms with Crippen LogP contribution in [0.25, 0.3) is 0 Å². The van der Waals surface area contributed by atoms with Gasteiger partial charge in [0.25, 0.3) is 0 Å². The first-order chi connectivity index (χ1) is 9.58. The Morgan fingerprint density at radius 3 is 3.05 bits per heavy atom. The van der Waals surface area contributed by atoms with Crippen LogP contribution in [0.4, 0.5) is 0 Å². The molecule has 5 heteroatoms. The summed E-state index contributed by atoms with van der Waals surface area (Å²) in [5.41, 5.74) is 1.58. The van der Waals surface area contributed by atoms with Crippen LogP contribution in [0.15, 0.2) is 24.3 Å². The summed E-state index contributed by atoms with van der Waals surface area (Å²) in [5, 5.41) is 8.97. The fourth-order valence-electron chi connectivity index (χ4n) is 2.31. The van der Waals surface area contributed by atoms with E-state index in [1.165, 1.54) is 11.8 Å². The Bertz CT molecular complexity index is 565. The van der Waals surface area contributed by atoms with Crippen molar-refractivity contribution in [3.05, 3.63) is 35.4 Å². The average molecular weight is 288 g/mol. The van der Waals surface area contributed by atoms with Crippen molar-refractivity contribution < 1.29 is 9.59 Å². The molecule has 1 aromatic rings. The Kier molecular flexibility index (Phi) is 4.80. The second kappa shape index (κ2) is 6.58. The SMILES string of the molecule is CC(=O)SCC1CC(=O)N(Cc2cccc(C#N)c2)C1. The molecule has 0 bridgehead atoms. The third-order valence-electron chi connectivity index (χ3n) is 3.25. The van der Waals surface area contributed by atoms with Crippen molar-refractivity contribution >= 4 is 22.8 Å². The van der Waals surface area contributed by atoms with E-state index in [9.17, 15) is 9.59 Å². The molecule has 1 fully saturated rings. The van der Waals surface area contributed by atoms with Crippen LogP contribution in [0, 0.1) is 17.2 Å². The predicted octanol–water partition coefficient (Wildman–Crippen LogP) is 2.19. The van der Waals surface area contributed by atoms with Crippen molar-refractivity contribution in [2.24, 2.45) is 5.92 Å². The molecule has 1 unspecified atom stereocenters. The van der Waals surface area contributed by atoms with Crippen molar-refractivity contribution in [3.63, 3.8) is 0 Å². The summed E-state index contributed by atoms with van der Waals surface area (Å²) < 4.78 is 0. The molecule has 0 N–H and O–H groups in total. The third-order valence-corrected chi connectivity index (χ3v) is 4.29. The number of hydrogen-bond acceptors (Lipinski definition) is 4. The number of rotatable bonds is 4. The van der Waals surface area contributed by atoms with E-state index in [4.69, 9.17) is 5.26 Å². The Balaban J connectivity index is 1.94. The summed E-state index contributed by atoms with van der Waals surface area (Å²) in [6, 6.07) is 9.42. The van der Waals surface area contributed by atoms with Crippen LogP contribution in [0.5, 0.6) is 0 Å². The number of thioether (sulfide) groups is 1. The molecule has 0 aliphatic carbocycles. The molecule has 0 spiro atoms. The zero-order valence-electron chi connectivity index (χ0n) is 11.3. The molecule has 20 heavy (non-hydrogen) atoms. The molecular formula is C15H16N2O2S. The summed E-state index contributed by atoms with van der Waals surface area (Å²) in [7, 11) is 0. The lowest BCUT2D eigenvalue weighted by Crippen LogP contribution is -2.24. The van der Waals surface area contributed by atoms with Gasteiger partial charge in [-0.15, -0.1) is 0 Å². The van der Waals surface area contributed by atoms with Gasteiger partial charge >= 0.3 is 0 Å². The first kappa shape index (κ1) is 14.6. The quantitative estimate of drug-likeness (QED) is 0.852. The number of nitrogens with zero attached hydrogens (tertiary/aromatic N) is 2. The van der Waals surface area contributed by atoms with E-state index >= 15 is 0 Å². The lowest BCUT2D eigenvalue weighted by atomic mass is 10.1. The van der Waals surface area contributed by atoms with Gasteiger partial charge in [0.2, 0.25) is 5.91 Å². The summed E-state index contributed by atoms with van der Waals surface area (Å²) in [6.07, 6.45) is 0.512. The molecule has 1 aliphatic rings. The third kappa shape index (κ3) is 3.84. The van der Waals surface area contributed by atoms with Gasteiger partial charge in [-0.1, -0.05) is 23.9 Å². The van der Waals surface area contributed by atoms with Crippen LogP contribution in [-0.2, 0) is 16.1 Å². The minimum atomic E-state index is 0.0950. The molecule has 104 valence electrons. The zero-order valence-corrected chi connectivity index (χ0v) is 12.2. The summed E-state index contributed by atoms with van der Waals surface area (Å²) in [6.45, 7) is 2.78. The maximum atomic E-state index is 12.0. The lowest BCUT2D eigenvalue weighted by molar-refractivity contribution is -0.128. The highest BCUT2D eigenvalue weighted by Gasteiger charge is 2.29. The Morgan fingerprint density at radius 2 is 2.35 bits per heavy atom. The first-order valence-electron chi connectivity index (χ1n) is 6.48. The minimum absolute atomic E-state index is 0.0950. The zero-order chi connectivity index (χ0) is 14.5. The van der Waals surface area contributed by atoms with E-state index in [0.29, 0.717) is 30.8 Å². The molecule has 4 nitrogen and oxygen atoms in total. The number of benzene rings is 1. The van der Waals surface area contributed by atoms with Gasteiger partial charge in [0.15, 0.2) is 5.12 Å². The van der Waals surface area contributed by atoms with Gasteiger partial charge in [-0.25, -0.2) is 0 Å². The van der Waals surface area contributed by atoms with Gasteiger partial charge in [0.05, 0.1) is 11.6 Å². The number of likely N-dealkylation sites (tertiary alicyclic amines) is 1. The Labute approximate surface area is 122 Å². The molecule has 0 saturated carbocycles. The van der Waals surface area contributed by atoms with E-state index in [-0.39, 0.29) is 16.9 Å². The molecule has 1 atom stereocenters. The molecule has 2 rings (SSSR count). The predicted molar refractivity (Wildman–Crippen MR) is 77.8 cm³/mol. The molecule has 1 aliphatic heterocycles. The van der Waals surface area contributed by atoms with Crippen molar-refractivity contribution in [2.45, 2.75) is 19.9 Å². The van der Waals surface area contributed by atoms with Gasteiger partial charge in [-0.05, 0) is 23.6 Å². The molecule has 1 heterocycles. The topological polar surface area (TPSA) is 61.2 Å². The molecule has 1 saturated heterocycles. The molecule has 0 aromatic heterocycles. The maximum absolute atomic E-state index is 12.0. The molecular weight excluding hydrogens is 272 g/mol. The number of carbonyl (C=O) groups excluding carboxylic acids is 2. The van der Waals surface area contributed by atoms with Gasteiger partial charge in [-0.2, -0.15) is 5.26 Å². The lowest BCUT2D eigenvalue weighted by Gasteiger charge is -2.16. The summed E-state index contributed by atoms with van der Waals surface area (Å²) in [5.74, 6) is 1.08. The van der Waals surface area contributed by atoms with Crippen LogP contribution >= 0.6 is 11.8 Å². The van der Waals surface area contributed by atoms with E-state index in [0.717, 1.165) is 5.56 Å². The minimum Gasteiger partial charge on any atom is -0.338 e. The fourth-order valence-corrected chi connectivity index (χ4v) is 3.01. The highest BCUT2D eigenvalue weighted by molar-refractivity contribution is 8.13. The molecule has 1 aromatic carbocycles. The van der Waals surface area contributed by atoms with Gasteiger partial charge in [0.1, 0.15) is 0 Å². The van der Waals surface area contributed by atoms with E-state index in [2.05, 4.69) is 6.07 Å². The number of hydrogen-bond donors (Lipinski definition) is 0. The highest BCUT2D eigenvalue weighted by atomic mass is 32.2. The van der Waals surface area contributed by atoms with Crippen molar-refractivity contribution in [3.8, 4) is 6.07 Å². The standard InChI is InChI=1S/C15H16N2O2S/c1-11(18)20-10-14-6-15(19)17(9-14)8-13-4-2-3-12(5-13)7-16/h2-5,14H,6,8-10H2,1H3. The van der Waals surface area contributed by atoms with Crippen molar-refractivity contribution in [1.29, 1.82) is 5.26 Å². The van der Waals surface area contributed by atoms with Crippen LogP contribution in [-0.4, -0.2) is 28.2 Å². The highest BCUT2D eigenvalue weighted by Crippen LogP contribution is 2.24. The second-order valence-electron chi connectivity index (χ2n) is 4.96. The summed E-state index contributed by atoms with van der Waals surface area (Å²) >= 11 is 1.28. The van der Waals surface area contributed by atoms with Crippen LogP contribution in [0.1, 0.15) is 24.5 Å². The monoisotopic (exact) mass is 288 g/mol. The number of carbonyl (C=O) groups is 2. The summed E-state index contributed by atoms with van der Waals surface area (Å²) in [4.78, 5) is 24.7. The van der Waals surface area contributed by atoms with E-state index < -0.39 is 0 Å². The molecule has 0 radical (unpaired) electrons. The van der Waals surface area contributed by atoms with Gasteiger partial charge in [0, 0.05) is 32.2 Å². The number of amides is 1. The van der Waals surface area contributed by atoms with Crippen LogP contribution < -0.4 is 0 Å². The Hall–Kier alpha value is -1.80. The van der Waals surface area contributed by atoms with Crippen LogP contribution in [0.3, 0.4) is 0 Å². The van der Waals surface area contributed by atoms with Crippen molar-refractivity contribution in [1.82, 2.24) is 4.90 Å². The fraction of sp³-hybridized carbons (Fsp3) is 0.400. The number of nitriles is 1. The second-order valence-corrected chi connectivity index (χ2v) is 6.16. The van der Waals surface area contributed by atoms with Crippen LogP contribution in [0.2, 0.25) is 0 Å². The normalized spacial score (nSPS) is 18.1. The maximum Gasteiger partial charge on any atom is 0.223 e. The van der Waals surface area contributed by atoms with E-state index in [1.54, 1.807) is 13.0 Å². The van der Waals surface area contributed by atoms with Gasteiger partial charge < -0.3 is 4.90 Å². The Morgan fingerprint density at radius 1 is 1.55 bits per heavy atom. The molecule has 1 amide bonds. The first-order valence-corrected chi connectivity index (χ1v) is 7.47. The van der Waals surface area contributed by atoms with Gasteiger partial charge in [-0.3, -0.25) is 9.59 Å². The largest absolute Gasteiger partial charge is 0.338 e. The average Bonchev–Trinajstić information content (AvgIpc) is 2.77. The smallest absolute Gasteiger partial charge is 0.223 e. The van der Waals surface area contributed by atoms with Crippen molar-refractivity contribution in [2.75, 3.05) is 12.3 Å². The van der Waals surface area contributed by atoms with E-state index in [1.807, 2.05) is 23.1 Å².